The molecule has 7 nitrogen and oxygen atoms in total. The molecular formula is C18H22ClN5O2S. The zero-order valence-electron chi connectivity index (χ0n) is 14.9. The Kier molecular flexibility index (Phi) is 7.28. The Hall–Kier alpha value is -1.87. The fourth-order valence-corrected chi connectivity index (χ4v) is 3.83. The Bertz CT molecular complexity index is 807. The van der Waals surface area contributed by atoms with E-state index in [0.29, 0.717) is 6.54 Å². The van der Waals surface area contributed by atoms with E-state index in [1.54, 1.807) is 24.2 Å². The second-order valence-corrected chi connectivity index (χ2v) is 7.08. The van der Waals surface area contributed by atoms with Gasteiger partial charge in [-0.05, 0) is 24.3 Å². The molecule has 0 radical (unpaired) electrons. The number of ether oxygens (including phenoxy) is 1. The molecule has 0 atom stereocenters. The molecular weight excluding hydrogens is 386 g/mol. The fourth-order valence-electron chi connectivity index (χ4n) is 2.90. The summed E-state index contributed by atoms with van der Waals surface area (Å²) < 4.78 is 13.0. The van der Waals surface area contributed by atoms with Crippen molar-refractivity contribution in [1.82, 2.24) is 24.6 Å². The minimum Gasteiger partial charge on any atom is -0.467 e. The summed E-state index contributed by atoms with van der Waals surface area (Å²) >= 11 is 1.72. The first-order chi connectivity index (χ1) is 12.9. The van der Waals surface area contributed by atoms with Gasteiger partial charge in [0.2, 0.25) is 0 Å². The lowest BCUT2D eigenvalue weighted by atomic mass is 10.2. The van der Waals surface area contributed by atoms with Crippen LogP contribution in [0.2, 0.25) is 0 Å². The van der Waals surface area contributed by atoms with Gasteiger partial charge in [-0.1, -0.05) is 11.8 Å². The van der Waals surface area contributed by atoms with Crippen molar-refractivity contribution < 1.29 is 9.15 Å². The van der Waals surface area contributed by atoms with Gasteiger partial charge in [-0.25, -0.2) is 0 Å². The van der Waals surface area contributed by atoms with E-state index in [9.17, 15) is 0 Å². The molecule has 0 aromatic carbocycles. The Morgan fingerprint density at radius 1 is 1.11 bits per heavy atom. The Morgan fingerprint density at radius 3 is 2.74 bits per heavy atom. The summed E-state index contributed by atoms with van der Waals surface area (Å²) in [5.74, 6) is 2.65. The van der Waals surface area contributed by atoms with Crippen molar-refractivity contribution in [2.45, 2.75) is 11.7 Å². The first-order valence-electron chi connectivity index (χ1n) is 8.69. The van der Waals surface area contributed by atoms with Crippen LogP contribution in [0, 0.1) is 0 Å². The summed E-state index contributed by atoms with van der Waals surface area (Å²) in [6.45, 7) is 5.27. The van der Waals surface area contributed by atoms with Crippen LogP contribution in [0.4, 0.5) is 0 Å². The van der Waals surface area contributed by atoms with Crippen LogP contribution in [-0.4, -0.2) is 63.2 Å². The van der Waals surface area contributed by atoms with Crippen LogP contribution in [0.3, 0.4) is 0 Å². The molecule has 0 bridgehead atoms. The molecule has 3 aromatic heterocycles. The zero-order valence-corrected chi connectivity index (χ0v) is 16.5. The highest BCUT2D eigenvalue weighted by Gasteiger charge is 2.17. The van der Waals surface area contributed by atoms with Gasteiger partial charge >= 0.3 is 0 Å². The maximum Gasteiger partial charge on any atom is 0.191 e. The highest BCUT2D eigenvalue weighted by atomic mass is 35.5. The van der Waals surface area contributed by atoms with E-state index in [1.807, 2.05) is 30.5 Å². The van der Waals surface area contributed by atoms with Gasteiger partial charge in [-0.2, -0.15) is 0 Å². The van der Waals surface area contributed by atoms with E-state index in [4.69, 9.17) is 9.15 Å². The van der Waals surface area contributed by atoms with E-state index in [-0.39, 0.29) is 12.4 Å². The Labute approximate surface area is 168 Å². The lowest BCUT2D eigenvalue weighted by molar-refractivity contribution is 0.0410. The largest absolute Gasteiger partial charge is 0.467 e. The van der Waals surface area contributed by atoms with Gasteiger partial charge in [0.15, 0.2) is 11.0 Å². The highest BCUT2D eigenvalue weighted by Crippen LogP contribution is 2.25. The molecule has 1 aliphatic rings. The summed E-state index contributed by atoms with van der Waals surface area (Å²) in [6.07, 6.45) is 5.26. The number of hydrogen-bond donors (Lipinski definition) is 0. The van der Waals surface area contributed by atoms with E-state index in [1.165, 1.54) is 0 Å². The van der Waals surface area contributed by atoms with Crippen LogP contribution >= 0.6 is 24.2 Å². The number of pyridine rings is 1. The van der Waals surface area contributed by atoms with Crippen molar-refractivity contribution in [1.29, 1.82) is 0 Å². The van der Waals surface area contributed by atoms with Gasteiger partial charge in [0.05, 0.1) is 26.0 Å². The van der Waals surface area contributed by atoms with Gasteiger partial charge in [-0.15, -0.1) is 22.6 Å². The maximum absolute atomic E-state index is 5.53. The topological polar surface area (TPSA) is 69.2 Å². The molecule has 3 aromatic rings. The maximum atomic E-state index is 5.53. The van der Waals surface area contributed by atoms with E-state index >= 15 is 0 Å². The van der Waals surface area contributed by atoms with Crippen LogP contribution in [0.5, 0.6) is 0 Å². The molecule has 0 amide bonds. The molecule has 4 rings (SSSR count). The number of thioether (sulfide) groups is 1. The number of rotatable bonds is 7. The summed E-state index contributed by atoms with van der Waals surface area (Å²) in [5, 5.41) is 9.72. The minimum absolute atomic E-state index is 0. The van der Waals surface area contributed by atoms with Crippen molar-refractivity contribution in [3.8, 4) is 11.4 Å². The Morgan fingerprint density at radius 2 is 2.00 bits per heavy atom. The van der Waals surface area contributed by atoms with E-state index in [2.05, 4.69) is 24.6 Å². The van der Waals surface area contributed by atoms with Gasteiger partial charge in [0, 0.05) is 43.3 Å². The number of hydrogen-bond acceptors (Lipinski definition) is 7. The van der Waals surface area contributed by atoms with Crippen molar-refractivity contribution in [3.05, 3.63) is 48.7 Å². The van der Waals surface area contributed by atoms with Crippen LogP contribution < -0.4 is 0 Å². The molecule has 144 valence electrons. The second-order valence-electron chi connectivity index (χ2n) is 6.02. The SMILES string of the molecule is Cl.c1cncc(-c2nnc(SCCN3CCOCC3)n2Cc2ccco2)c1. The van der Waals surface area contributed by atoms with Crippen LogP contribution in [-0.2, 0) is 11.3 Å². The molecule has 27 heavy (non-hydrogen) atoms. The third kappa shape index (κ3) is 5.10. The van der Waals surface area contributed by atoms with Crippen LogP contribution in [0.25, 0.3) is 11.4 Å². The fraction of sp³-hybridized carbons (Fsp3) is 0.389. The van der Waals surface area contributed by atoms with Gasteiger partial charge < -0.3 is 9.15 Å². The number of halogens is 1. The average Bonchev–Trinajstić information content (AvgIpc) is 3.34. The molecule has 1 fully saturated rings. The van der Waals surface area contributed by atoms with Gasteiger partial charge in [0.1, 0.15) is 5.76 Å². The predicted octanol–water partition coefficient (Wildman–Crippen LogP) is 2.83. The van der Waals surface area contributed by atoms with Crippen LogP contribution in [0.1, 0.15) is 5.76 Å². The smallest absolute Gasteiger partial charge is 0.191 e. The second kappa shape index (κ2) is 9.89. The molecule has 1 saturated heterocycles. The highest BCUT2D eigenvalue weighted by molar-refractivity contribution is 7.99. The summed E-state index contributed by atoms with van der Waals surface area (Å²) in [5.41, 5.74) is 0.951. The third-order valence-electron chi connectivity index (χ3n) is 4.27. The van der Waals surface area contributed by atoms with E-state index in [0.717, 1.165) is 60.9 Å². The van der Waals surface area contributed by atoms with Crippen LogP contribution in [0.15, 0.2) is 52.5 Å². The lowest BCUT2D eigenvalue weighted by Crippen LogP contribution is -2.37. The molecule has 0 saturated carbocycles. The molecule has 1 aliphatic heterocycles. The zero-order chi connectivity index (χ0) is 17.6. The monoisotopic (exact) mass is 407 g/mol. The number of nitrogens with zero attached hydrogens (tertiary/aromatic N) is 5. The summed E-state index contributed by atoms with van der Waals surface area (Å²) in [7, 11) is 0. The number of morpholine rings is 1. The number of furan rings is 1. The van der Waals surface area contributed by atoms with Gasteiger partial charge in [0.25, 0.3) is 0 Å². The van der Waals surface area contributed by atoms with Crippen molar-refractivity contribution in [3.63, 3.8) is 0 Å². The average molecular weight is 408 g/mol. The minimum atomic E-state index is 0. The molecule has 9 heteroatoms. The normalized spacial score (nSPS) is 14.8. The molecule has 0 unspecified atom stereocenters. The summed E-state index contributed by atoms with van der Waals surface area (Å²) in [6, 6.07) is 7.77. The standard InChI is InChI=1S/C18H21N5O2S.ClH/c1-3-15(13-19-5-1)17-20-21-18(23(17)14-16-4-2-9-25-16)26-12-8-22-6-10-24-11-7-22;/h1-5,9,13H,6-8,10-12,14H2;1H. The predicted molar refractivity (Wildman–Crippen MR) is 106 cm³/mol. The van der Waals surface area contributed by atoms with Crippen molar-refractivity contribution in [2.75, 3.05) is 38.6 Å². The van der Waals surface area contributed by atoms with E-state index < -0.39 is 0 Å². The summed E-state index contributed by atoms with van der Waals surface area (Å²) in [4.78, 5) is 6.62. The first-order valence-corrected chi connectivity index (χ1v) is 9.67. The molecule has 0 N–H and O–H groups in total. The quantitative estimate of drug-likeness (QED) is 0.558. The Balaban J connectivity index is 0.00000210. The molecule has 0 spiro atoms. The lowest BCUT2D eigenvalue weighted by Gasteiger charge is -2.26. The molecule has 4 heterocycles. The molecule has 0 aliphatic carbocycles. The third-order valence-corrected chi connectivity index (χ3v) is 5.22. The first kappa shape index (κ1) is 19.9. The van der Waals surface area contributed by atoms with Gasteiger partial charge in [-0.3, -0.25) is 14.5 Å². The van der Waals surface area contributed by atoms with Crippen molar-refractivity contribution >= 4 is 24.2 Å². The van der Waals surface area contributed by atoms with Crippen molar-refractivity contribution in [2.24, 2.45) is 0 Å². The number of aromatic nitrogens is 4.